The third-order valence-electron chi connectivity index (χ3n) is 5.38. The molecule has 2 atom stereocenters. The molecule has 0 aliphatic rings. The molecule has 0 radical (unpaired) electrons. The lowest BCUT2D eigenvalue weighted by Crippen LogP contribution is -2.42. The predicted molar refractivity (Wildman–Crippen MR) is 125 cm³/mol. The van der Waals surface area contributed by atoms with Gasteiger partial charge in [-0.15, -0.1) is 0 Å². The van der Waals surface area contributed by atoms with Crippen molar-refractivity contribution in [1.82, 2.24) is 20.2 Å². The van der Waals surface area contributed by atoms with E-state index in [9.17, 15) is 18.7 Å². The molecule has 3 aromatic rings. The average molecular weight is 473 g/mol. The summed E-state index contributed by atoms with van der Waals surface area (Å²) in [5.74, 6) is -0.545. The Kier molecular flexibility index (Phi) is 8.01. The number of hydrogen-bond acceptors (Lipinski definition) is 4. The summed E-state index contributed by atoms with van der Waals surface area (Å²) in [4.78, 5) is 15.4. The first-order valence-corrected chi connectivity index (χ1v) is 11.0. The van der Waals surface area contributed by atoms with Crippen LogP contribution in [0.2, 0.25) is 0 Å². The largest absolute Gasteiger partial charge is 0.465 e. The summed E-state index contributed by atoms with van der Waals surface area (Å²) in [6.45, 7) is 6.42. The van der Waals surface area contributed by atoms with Gasteiger partial charge in [0.1, 0.15) is 17.5 Å². The number of aliphatic hydroxyl groups is 1. The number of hydrogen-bond donors (Lipinski definition) is 4. The lowest BCUT2D eigenvalue weighted by atomic mass is 9.86. The van der Waals surface area contributed by atoms with E-state index in [0.29, 0.717) is 18.1 Å². The van der Waals surface area contributed by atoms with E-state index in [2.05, 4.69) is 10.6 Å². The molecule has 182 valence electrons. The van der Waals surface area contributed by atoms with Gasteiger partial charge in [-0.2, -0.15) is 0 Å². The fraction of sp³-hybridized carbons (Fsp3) is 0.360. The fourth-order valence-corrected chi connectivity index (χ4v) is 3.71. The van der Waals surface area contributed by atoms with Crippen LogP contribution in [-0.2, 0) is 6.54 Å². The number of carbonyl (C=O) groups is 1. The second-order valence-corrected chi connectivity index (χ2v) is 9.27. The molecule has 1 aromatic heterocycles. The molecule has 1 amide bonds. The minimum absolute atomic E-state index is 0.0615. The number of nitrogens with one attached hydrogen (secondary N) is 2. The van der Waals surface area contributed by atoms with Gasteiger partial charge in [0.2, 0.25) is 0 Å². The summed E-state index contributed by atoms with van der Waals surface area (Å²) in [6.07, 6.45) is -0.478. The van der Waals surface area contributed by atoms with E-state index in [1.54, 1.807) is 6.20 Å². The van der Waals surface area contributed by atoms with Crippen molar-refractivity contribution < 1.29 is 23.8 Å². The number of benzene rings is 2. The van der Waals surface area contributed by atoms with Crippen molar-refractivity contribution in [2.75, 3.05) is 13.1 Å². The first kappa shape index (κ1) is 25.3. The Hall–Kier alpha value is -3.30. The van der Waals surface area contributed by atoms with Crippen molar-refractivity contribution in [3.63, 3.8) is 0 Å². The van der Waals surface area contributed by atoms with Crippen molar-refractivity contribution in [1.29, 1.82) is 0 Å². The van der Waals surface area contributed by atoms with E-state index in [4.69, 9.17) is 10.1 Å². The molecule has 4 N–H and O–H groups in total. The van der Waals surface area contributed by atoms with Crippen LogP contribution in [0.4, 0.5) is 13.6 Å². The molecule has 0 aliphatic heterocycles. The molecule has 34 heavy (non-hydrogen) atoms. The quantitative estimate of drug-likeness (QED) is 0.374. The van der Waals surface area contributed by atoms with E-state index >= 15 is 0 Å². The van der Waals surface area contributed by atoms with Gasteiger partial charge in [-0.05, 0) is 29.2 Å². The smallest absolute Gasteiger partial charge is 0.404 e. The van der Waals surface area contributed by atoms with Gasteiger partial charge in [0.15, 0.2) is 0 Å². The zero-order valence-corrected chi connectivity index (χ0v) is 19.4. The Morgan fingerprint density at radius 1 is 1.12 bits per heavy atom. The maximum absolute atomic E-state index is 14.5. The van der Waals surface area contributed by atoms with Crippen LogP contribution in [0.3, 0.4) is 0 Å². The van der Waals surface area contributed by atoms with Gasteiger partial charge < -0.3 is 25.4 Å². The molecule has 0 aliphatic carbocycles. The van der Waals surface area contributed by atoms with Crippen LogP contribution >= 0.6 is 0 Å². The molecule has 0 unspecified atom stereocenters. The lowest BCUT2D eigenvalue weighted by molar-refractivity contribution is 0.141. The molecule has 9 heteroatoms. The summed E-state index contributed by atoms with van der Waals surface area (Å²) in [5.41, 5.74) is 0.988. The minimum atomic E-state index is -1.22. The predicted octanol–water partition coefficient (Wildman–Crippen LogP) is 4.18. The van der Waals surface area contributed by atoms with Gasteiger partial charge in [0.25, 0.3) is 0 Å². The van der Waals surface area contributed by atoms with Gasteiger partial charge in [-0.1, -0.05) is 51.1 Å². The van der Waals surface area contributed by atoms with Crippen LogP contribution < -0.4 is 10.6 Å². The van der Waals surface area contributed by atoms with Crippen LogP contribution in [0.5, 0.6) is 0 Å². The highest BCUT2D eigenvalue weighted by Crippen LogP contribution is 2.34. The van der Waals surface area contributed by atoms with Crippen molar-refractivity contribution in [2.45, 2.75) is 39.5 Å². The standard InChI is InChI=1S/C25H30F2N4O3/c1-25(2,3)22(28-12-18(32)13-29-24(33)34)23-30-21(19-11-17(26)9-10-20(19)27)15-31(23)14-16-7-5-4-6-8-16/h4-11,15,18,22,28-29,32H,12-14H2,1-3H3,(H,33,34)/t18-,22+/m1/s1. The van der Waals surface area contributed by atoms with Crippen LogP contribution in [0, 0.1) is 17.0 Å². The summed E-state index contributed by atoms with van der Waals surface area (Å²) in [5, 5.41) is 24.4. The van der Waals surface area contributed by atoms with E-state index in [1.165, 1.54) is 0 Å². The van der Waals surface area contributed by atoms with Crippen LogP contribution in [0.15, 0.2) is 54.7 Å². The minimum Gasteiger partial charge on any atom is -0.465 e. The van der Waals surface area contributed by atoms with Crippen molar-refractivity contribution in [2.24, 2.45) is 5.41 Å². The molecule has 0 saturated carbocycles. The molecular weight excluding hydrogens is 442 g/mol. The third-order valence-corrected chi connectivity index (χ3v) is 5.38. The fourth-order valence-electron chi connectivity index (χ4n) is 3.71. The van der Waals surface area contributed by atoms with E-state index in [1.807, 2.05) is 55.7 Å². The first-order valence-electron chi connectivity index (χ1n) is 11.0. The number of imidazole rings is 1. The van der Waals surface area contributed by atoms with Crippen LogP contribution in [0.1, 0.15) is 38.2 Å². The van der Waals surface area contributed by atoms with Crippen molar-refractivity contribution >= 4 is 6.09 Å². The van der Waals surface area contributed by atoms with Gasteiger partial charge >= 0.3 is 6.09 Å². The highest BCUT2D eigenvalue weighted by atomic mass is 19.1. The van der Waals surface area contributed by atoms with E-state index in [-0.39, 0.29) is 30.1 Å². The van der Waals surface area contributed by atoms with E-state index in [0.717, 1.165) is 23.8 Å². The molecule has 3 rings (SSSR count). The second-order valence-electron chi connectivity index (χ2n) is 9.27. The number of nitrogens with zero attached hydrogens (tertiary/aromatic N) is 2. The average Bonchev–Trinajstić information content (AvgIpc) is 3.16. The molecule has 2 aromatic carbocycles. The Morgan fingerprint density at radius 2 is 1.82 bits per heavy atom. The number of amides is 1. The van der Waals surface area contributed by atoms with Gasteiger partial charge in [-0.25, -0.2) is 18.6 Å². The number of aromatic nitrogens is 2. The summed E-state index contributed by atoms with van der Waals surface area (Å²) < 4.78 is 30.3. The van der Waals surface area contributed by atoms with Crippen molar-refractivity contribution in [3.8, 4) is 11.3 Å². The molecule has 7 nitrogen and oxygen atoms in total. The topological polar surface area (TPSA) is 99.4 Å². The first-order chi connectivity index (χ1) is 16.0. The summed E-state index contributed by atoms with van der Waals surface area (Å²) >= 11 is 0. The Bertz CT molecular complexity index is 1110. The zero-order chi connectivity index (χ0) is 24.9. The molecule has 0 spiro atoms. The highest BCUT2D eigenvalue weighted by Gasteiger charge is 2.31. The second kappa shape index (κ2) is 10.8. The molecule has 1 heterocycles. The highest BCUT2D eigenvalue weighted by molar-refractivity contribution is 5.64. The van der Waals surface area contributed by atoms with Gasteiger partial charge in [0, 0.05) is 31.4 Å². The van der Waals surface area contributed by atoms with Crippen LogP contribution in [0.25, 0.3) is 11.3 Å². The Morgan fingerprint density at radius 3 is 2.47 bits per heavy atom. The third kappa shape index (κ3) is 6.61. The summed E-state index contributed by atoms with van der Waals surface area (Å²) in [6, 6.07) is 12.6. The number of aliphatic hydroxyl groups excluding tert-OH is 1. The number of rotatable bonds is 9. The SMILES string of the molecule is CC(C)(C)[C@@H](NC[C@@H](O)CNC(=O)O)c1nc(-c2cc(F)ccc2F)cn1Cc1ccccc1. The molecular formula is C25H30F2N4O3. The zero-order valence-electron chi connectivity index (χ0n) is 19.4. The van der Waals surface area contributed by atoms with E-state index < -0.39 is 23.8 Å². The van der Waals surface area contributed by atoms with Gasteiger partial charge in [-0.3, -0.25) is 0 Å². The molecule has 0 bridgehead atoms. The normalized spacial score (nSPS) is 13.5. The van der Waals surface area contributed by atoms with Crippen molar-refractivity contribution in [3.05, 3.63) is 77.8 Å². The Balaban J connectivity index is 1.99. The maximum atomic E-state index is 14.5. The maximum Gasteiger partial charge on any atom is 0.404 e. The number of carboxylic acid groups (broad SMARTS) is 1. The lowest BCUT2D eigenvalue weighted by Gasteiger charge is -2.32. The van der Waals surface area contributed by atoms with Gasteiger partial charge in [0.05, 0.1) is 17.8 Å². The monoisotopic (exact) mass is 472 g/mol. The summed E-state index contributed by atoms with van der Waals surface area (Å²) in [7, 11) is 0. The van der Waals surface area contributed by atoms with Crippen LogP contribution in [-0.4, -0.2) is 45.1 Å². The number of halogens is 2. The molecule has 0 saturated heterocycles. The molecule has 0 fully saturated rings. The Labute approximate surface area is 197 Å².